The SMILES string of the molecule is O=C1CCOCC1CCC1CCCCO1. The molecule has 0 amide bonds. The van der Waals surface area contributed by atoms with Crippen molar-refractivity contribution in [1.29, 1.82) is 0 Å². The van der Waals surface area contributed by atoms with Crippen LogP contribution in [0.4, 0.5) is 0 Å². The van der Waals surface area contributed by atoms with E-state index in [0.717, 1.165) is 19.4 Å². The summed E-state index contributed by atoms with van der Waals surface area (Å²) in [7, 11) is 0. The van der Waals surface area contributed by atoms with E-state index >= 15 is 0 Å². The number of carbonyl (C=O) groups excluding carboxylic acids is 1. The minimum absolute atomic E-state index is 0.143. The van der Waals surface area contributed by atoms with Crippen molar-refractivity contribution in [3.63, 3.8) is 0 Å². The van der Waals surface area contributed by atoms with Crippen molar-refractivity contribution in [2.45, 2.75) is 44.6 Å². The van der Waals surface area contributed by atoms with Crippen LogP contribution in [0.15, 0.2) is 0 Å². The molecule has 2 unspecified atom stereocenters. The monoisotopic (exact) mass is 212 g/mol. The molecule has 2 atom stereocenters. The Labute approximate surface area is 91.1 Å². The Kier molecular flexibility index (Phi) is 4.15. The lowest BCUT2D eigenvalue weighted by Crippen LogP contribution is -2.29. The zero-order valence-electron chi connectivity index (χ0n) is 9.24. The maximum absolute atomic E-state index is 11.5. The van der Waals surface area contributed by atoms with Gasteiger partial charge in [0.2, 0.25) is 0 Å². The average Bonchev–Trinajstić information content (AvgIpc) is 2.29. The van der Waals surface area contributed by atoms with E-state index < -0.39 is 0 Å². The number of carbonyl (C=O) groups is 1. The molecule has 2 aliphatic rings. The standard InChI is InChI=1S/C12H20O3/c13-12-6-8-14-9-10(12)4-5-11-3-1-2-7-15-11/h10-11H,1-9H2. The third-order valence-corrected chi connectivity index (χ3v) is 3.38. The molecule has 3 heteroatoms. The minimum Gasteiger partial charge on any atom is -0.380 e. The Morgan fingerprint density at radius 2 is 2.13 bits per heavy atom. The van der Waals surface area contributed by atoms with Gasteiger partial charge < -0.3 is 9.47 Å². The molecule has 2 rings (SSSR count). The summed E-state index contributed by atoms with van der Waals surface area (Å²) in [5.41, 5.74) is 0. The highest BCUT2D eigenvalue weighted by Crippen LogP contribution is 2.22. The molecule has 2 heterocycles. The molecule has 0 saturated carbocycles. The highest BCUT2D eigenvalue weighted by atomic mass is 16.5. The van der Waals surface area contributed by atoms with Gasteiger partial charge in [0, 0.05) is 18.9 Å². The van der Waals surface area contributed by atoms with Gasteiger partial charge in [-0.2, -0.15) is 0 Å². The molecule has 2 saturated heterocycles. The summed E-state index contributed by atoms with van der Waals surface area (Å²) in [4.78, 5) is 11.5. The van der Waals surface area contributed by atoms with Crippen molar-refractivity contribution < 1.29 is 14.3 Å². The molecular formula is C12H20O3. The van der Waals surface area contributed by atoms with Crippen LogP contribution in [0.5, 0.6) is 0 Å². The Morgan fingerprint density at radius 1 is 1.20 bits per heavy atom. The normalized spacial score (nSPS) is 32.9. The molecule has 0 bridgehead atoms. The van der Waals surface area contributed by atoms with Crippen molar-refractivity contribution in [2.75, 3.05) is 19.8 Å². The van der Waals surface area contributed by atoms with Crippen molar-refractivity contribution in [3.8, 4) is 0 Å². The second-order valence-corrected chi connectivity index (χ2v) is 4.55. The largest absolute Gasteiger partial charge is 0.380 e. The second kappa shape index (κ2) is 5.61. The van der Waals surface area contributed by atoms with Crippen LogP contribution in [0.25, 0.3) is 0 Å². The second-order valence-electron chi connectivity index (χ2n) is 4.55. The molecule has 15 heavy (non-hydrogen) atoms. The number of ketones is 1. The molecule has 0 aromatic heterocycles. The summed E-state index contributed by atoms with van der Waals surface area (Å²) < 4.78 is 11.0. The molecule has 0 N–H and O–H groups in total. The van der Waals surface area contributed by atoms with Crippen LogP contribution >= 0.6 is 0 Å². The Balaban J connectivity index is 1.69. The molecule has 86 valence electrons. The minimum atomic E-state index is 0.143. The molecule has 2 fully saturated rings. The van der Waals surface area contributed by atoms with Gasteiger partial charge in [0.25, 0.3) is 0 Å². The zero-order chi connectivity index (χ0) is 10.5. The van der Waals surface area contributed by atoms with Crippen molar-refractivity contribution in [1.82, 2.24) is 0 Å². The first-order valence-corrected chi connectivity index (χ1v) is 6.08. The third kappa shape index (κ3) is 3.28. The van der Waals surface area contributed by atoms with Crippen LogP contribution in [-0.4, -0.2) is 31.7 Å². The van der Waals surface area contributed by atoms with Gasteiger partial charge in [-0.05, 0) is 32.1 Å². The maximum Gasteiger partial charge on any atom is 0.140 e. The van der Waals surface area contributed by atoms with E-state index in [1.807, 2.05) is 0 Å². The van der Waals surface area contributed by atoms with E-state index in [1.165, 1.54) is 19.3 Å². The van der Waals surface area contributed by atoms with E-state index in [-0.39, 0.29) is 5.92 Å². The quantitative estimate of drug-likeness (QED) is 0.717. The lowest BCUT2D eigenvalue weighted by Gasteiger charge is -2.26. The molecule has 0 radical (unpaired) electrons. The fourth-order valence-electron chi connectivity index (χ4n) is 2.36. The summed E-state index contributed by atoms with van der Waals surface area (Å²) in [6, 6.07) is 0. The smallest absolute Gasteiger partial charge is 0.140 e. The first kappa shape index (κ1) is 11.1. The first-order chi connectivity index (χ1) is 7.36. The zero-order valence-corrected chi connectivity index (χ0v) is 9.24. The summed E-state index contributed by atoms with van der Waals surface area (Å²) in [5, 5.41) is 0. The summed E-state index contributed by atoms with van der Waals surface area (Å²) >= 11 is 0. The highest BCUT2D eigenvalue weighted by Gasteiger charge is 2.24. The van der Waals surface area contributed by atoms with Gasteiger partial charge in [-0.15, -0.1) is 0 Å². The van der Waals surface area contributed by atoms with E-state index in [0.29, 0.717) is 31.5 Å². The van der Waals surface area contributed by atoms with E-state index in [4.69, 9.17) is 9.47 Å². The van der Waals surface area contributed by atoms with Crippen molar-refractivity contribution >= 4 is 5.78 Å². The van der Waals surface area contributed by atoms with Crippen LogP contribution in [0.1, 0.15) is 38.5 Å². The summed E-state index contributed by atoms with van der Waals surface area (Å²) in [6.45, 7) is 2.15. The van der Waals surface area contributed by atoms with E-state index in [1.54, 1.807) is 0 Å². The van der Waals surface area contributed by atoms with Gasteiger partial charge in [-0.1, -0.05) is 0 Å². The van der Waals surface area contributed by atoms with Crippen molar-refractivity contribution in [2.24, 2.45) is 5.92 Å². The number of Topliss-reactive ketones (excluding diaryl/α,β-unsaturated/α-hetero) is 1. The number of ether oxygens (including phenoxy) is 2. The van der Waals surface area contributed by atoms with E-state index in [2.05, 4.69) is 0 Å². The molecule has 0 aromatic rings. The number of hydrogen-bond acceptors (Lipinski definition) is 3. The molecule has 0 aliphatic carbocycles. The molecule has 0 spiro atoms. The Bertz CT molecular complexity index is 209. The number of rotatable bonds is 3. The average molecular weight is 212 g/mol. The number of hydrogen-bond donors (Lipinski definition) is 0. The molecule has 2 aliphatic heterocycles. The van der Waals surface area contributed by atoms with Gasteiger partial charge in [-0.25, -0.2) is 0 Å². The molecule has 3 nitrogen and oxygen atoms in total. The lowest BCUT2D eigenvalue weighted by molar-refractivity contribution is -0.131. The fourth-order valence-corrected chi connectivity index (χ4v) is 2.36. The van der Waals surface area contributed by atoms with Crippen molar-refractivity contribution in [3.05, 3.63) is 0 Å². The van der Waals surface area contributed by atoms with Gasteiger partial charge in [-0.3, -0.25) is 4.79 Å². The van der Waals surface area contributed by atoms with Gasteiger partial charge in [0.1, 0.15) is 5.78 Å². The predicted octanol–water partition coefficient (Wildman–Crippen LogP) is 1.94. The maximum atomic E-state index is 11.5. The highest BCUT2D eigenvalue weighted by molar-refractivity contribution is 5.81. The third-order valence-electron chi connectivity index (χ3n) is 3.38. The van der Waals surface area contributed by atoms with Crippen LogP contribution in [-0.2, 0) is 14.3 Å². The van der Waals surface area contributed by atoms with E-state index in [9.17, 15) is 4.79 Å². The van der Waals surface area contributed by atoms with Crippen LogP contribution in [0.2, 0.25) is 0 Å². The predicted molar refractivity (Wildman–Crippen MR) is 56.8 cm³/mol. The molecule has 0 aromatic carbocycles. The lowest BCUT2D eigenvalue weighted by atomic mass is 9.92. The molecular weight excluding hydrogens is 192 g/mol. The van der Waals surface area contributed by atoms with Crippen LogP contribution in [0, 0.1) is 5.92 Å². The van der Waals surface area contributed by atoms with Crippen LogP contribution < -0.4 is 0 Å². The van der Waals surface area contributed by atoms with Crippen LogP contribution in [0.3, 0.4) is 0 Å². The van der Waals surface area contributed by atoms with Gasteiger partial charge in [0.15, 0.2) is 0 Å². The summed E-state index contributed by atoms with van der Waals surface area (Å²) in [6.07, 6.45) is 6.62. The fraction of sp³-hybridized carbons (Fsp3) is 0.917. The summed E-state index contributed by atoms with van der Waals surface area (Å²) in [5.74, 6) is 0.529. The van der Waals surface area contributed by atoms with Gasteiger partial charge >= 0.3 is 0 Å². The first-order valence-electron chi connectivity index (χ1n) is 6.08. The topological polar surface area (TPSA) is 35.5 Å². The Morgan fingerprint density at radius 3 is 2.87 bits per heavy atom. The van der Waals surface area contributed by atoms with Gasteiger partial charge in [0.05, 0.1) is 19.3 Å². The Hall–Kier alpha value is -0.410.